The van der Waals surface area contributed by atoms with E-state index in [1.807, 2.05) is 0 Å². The van der Waals surface area contributed by atoms with E-state index in [1.165, 1.54) is 37.4 Å². The number of carbonyl (C=O) groups excluding carboxylic acids is 1. The van der Waals surface area contributed by atoms with Gasteiger partial charge in [0.05, 0.1) is 5.60 Å². The maximum atomic E-state index is 12.6. The van der Waals surface area contributed by atoms with Crippen LogP contribution in [0.15, 0.2) is 0 Å². The molecule has 0 saturated heterocycles. The van der Waals surface area contributed by atoms with E-state index in [0.29, 0.717) is 23.5 Å². The van der Waals surface area contributed by atoms with Gasteiger partial charge in [0, 0.05) is 12.3 Å². The molecule has 2 aliphatic carbocycles. The van der Waals surface area contributed by atoms with Crippen LogP contribution < -0.4 is 0 Å². The van der Waals surface area contributed by atoms with Crippen molar-refractivity contribution in [2.45, 2.75) is 131 Å². The lowest BCUT2D eigenvalue weighted by atomic mass is 9.57. The number of fused-ring (bicyclic) bond motifs is 1. The van der Waals surface area contributed by atoms with Crippen LogP contribution in [-0.2, 0) is 9.22 Å². The van der Waals surface area contributed by atoms with E-state index in [-0.39, 0.29) is 16.4 Å². The predicted molar refractivity (Wildman–Crippen MR) is 128 cm³/mol. The Balaban J connectivity index is 2.06. The van der Waals surface area contributed by atoms with Crippen molar-refractivity contribution in [1.29, 1.82) is 0 Å². The second kappa shape index (κ2) is 9.15. The fourth-order valence-corrected chi connectivity index (χ4v) is 10.00. The molecule has 2 unspecified atom stereocenters. The predicted octanol–water partition coefficient (Wildman–Crippen LogP) is 8.01. The molecule has 0 aliphatic heterocycles. The molecule has 0 heterocycles. The summed E-state index contributed by atoms with van der Waals surface area (Å²) in [4.78, 5) is 12.6. The van der Waals surface area contributed by atoms with E-state index in [0.717, 1.165) is 25.7 Å². The van der Waals surface area contributed by atoms with Crippen molar-refractivity contribution >= 4 is 14.1 Å². The highest BCUT2D eigenvalue weighted by Gasteiger charge is 2.54. The van der Waals surface area contributed by atoms with E-state index in [4.69, 9.17) is 4.43 Å². The first-order chi connectivity index (χ1) is 13.4. The van der Waals surface area contributed by atoms with Crippen LogP contribution in [0.2, 0.25) is 18.1 Å². The molecule has 3 heteroatoms. The third-order valence-electron chi connectivity index (χ3n) is 9.57. The van der Waals surface area contributed by atoms with Gasteiger partial charge in [-0.2, -0.15) is 0 Å². The van der Waals surface area contributed by atoms with E-state index in [2.05, 4.69) is 62.3 Å². The van der Waals surface area contributed by atoms with E-state index >= 15 is 0 Å². The molecule has 0 amide bonds. The molecule has 2 nitrogen and oxygen atoms in total. The van der Waals surface area contributed by atoms with Crippen LogP contribution in [0.25, 0.3) is 0 Å². The van der Waals surface area contributed by atoms with Crippen molar-refractivity contribution in [2.24, 2.45) is 28.6 Å². The number of rotatable bonds is 10. The highest BCUT2D eigenvalue weighted by molar-refractivity contribution is 6.73. The molecule has 0 aromatic rings. The fourth-order valence-electron chi connectivity index (χ4n) is 6.79. The molecule has 170 valence electrons. The van der Waals surface area contributed by atoms with Crippen LogP contribution in [0.4, 0.5) is 0 Å². The zero-order chi connectivity index (χ0) is 22.1. The minimum atomic E-state index is -1.58. The topological polar surface area (TPSA) is 26.3 Å². The average molecular weight is 423 g/mol. The van der Waals surface area contributed by atoms with E-state index in [1.54, 1.807) is 0 Å². The van der Waals surface area contributed by atoms with Gasteiger partial charge in [-0.1, -0.05) is 48.5 Å². The molecule has 0 bridgehead atoms. The molecule has 0 N–H and O–H groups in total. The number of hydrogen-bond donors (Lipinski definition) is 0. The Labute approximate surface area is 183 Å². The Bertz CT molecular complexity index is 555. The van der Waals surface area contributed by atoms with Crippen molar-refractivity contribution < 1.29 is 9.22 Å². The van der Waals surface area contributed by atoms with Crippen molar-refractivity contribution in [3.63, 3.8) is 0 Å². The van der Waals surface area contributed by atoms with Gasteiger partial charge in [0.15, 0.2) is 8.32 Å². The van der Waals surface area contributed by atoms with E-state index < -0.39 is 8.32 Å². The quantitative estimate of drug-likeness (QED) is 0.333. The highest BCUT2D eigenvalue weighted by atomic mass is 28.4. The number of hydrogen-bond acceptors (Lipinski definition) is 2. The lowest BCUT2D eigenvalue weighted by Gasteiger charge is -2.47. The first-order valence-electron chi connectivity index (χ1n) is 12.6. The molecule has 0 spiro atoms. The molecular weight excluding hydrogens is 372 g/mol. The van der Waals surface area contributed by atoms with Crippen LogP contribution in [0.1, 0.15) is 107 Å². The molecule has 0 aromatic carbocycles. The Morgan fingerprint density at radius 1 is 1.07 bits per heavy atom. The smallest absolute Gasteiger partial charge is 0.192 e. The summed E-state index contributed by atoms with van der Waals surface area (Å²) in [6.07, 6.45) is 7.89. The van der Waals surface area contributed by atoms with Crippen molar-refractivity contribution in [3.05, 3.63) is 0 Å². The SMILES string of the molecule is CC[Si](CC)(CC)OC(C)(C)CCC(C)(C)[C@@H](C)C1CCC2C(=O)CCC[C@@]21C. The maximum absolute atomic E-state index is 12.6. The molecular formula is C26H50O2Si. The van der Waals surface area contributed by atoms with Crippen LogP contribution in [0, 0.1) is 28.6 Å². The normalized spacial score (nSPS) is 29.8. The summed E-state index contributed by atoms with van der Waals surface area (Å²) < 4.78 is 6.89. The summed E-state index contributed by atoms with van der Waals surface area (Å²) in [5.41, 5.74) is 0.486. The van der Waals surface area contributed by atoms with Gasteiger partial charge in [0.25, 0.3) is 0 Å². The molecule has 0 aromatic heterocycles. The van der Waals surface area contributed by atoms with Crippen molar-refractivity contribution in [2.75, 3.05) is 0 Å². The van der Waals surface area contributed by atoms with Gasteiger partial charge >= 0.3 is 0 Å². The lowest BCUT2D eigenvalue weighted by molar-refractivity contribution is -0.130. The third kappa shape index (κ3) is 5.19. The van der Waals surface area contributed by atoms with E-state index in [9.17, 15) is 4.79 Å². The first-order valence-corrected chi connectivity index (χ1v) is 15.1. The van der Waals surface area contributed by atoms with Gasteiger partial charge in [-0.15, -0.1) is 0 Å². The lowest BCUT2D eigenvalue weighted by Crippen LogP contribution is -2.45. The maximum Gasteiger partial charge on any atom is 0.192 e. The summed E-state index contributed by atoms with van der Waals surface area (Å²) in [6.45, 7) is 21.5. The Kier molecular flexibility index (Phi) is 7.92. The minimum Gasteiger partial charge on any atom is -0.412 e. The Morgan fingerprint density at radius 3 is 2.21 bits per heavy atom. The van der Waals surface area contributed by atoms with Crippen LogP contribution in [0.5, 0.6) is 0 Å². The monoisotopic (exact) mass is 422 g/mol. The second-order valence-electron chi connectivity index (χ2n) is 11.9. The molecule has 2 rings (SSSR count). The Morgan fingerprint density at radius 2 is 1.66 bits per heavy atom. The molecule has 2 fully saturated rings. The average Bonchev–Trinajstić information content (AvgIpc) is 3.02. The number of ketones is 1. The highest BCUT2D eigenvalue weighted by Crippen LogP contribution is 2.59. The number of Topliss-reactive ketones (excluding diaryl/α,β-unsaturated/α-hetero) is 1. The fraction of sp³-hybridized carbons (Fsp3) is 0.962. The van der Waals surface area contributed by atoms with Gasteiger partial charge in [-0.05, 0) is 93.2 Å². The minimum absolute atomic E-state index is 0.0336. The zero-order valence-corrected chi connectivity index (χ0v) is 22.1. The van der Waals surface area contributed by atoms with Crippen LogP contribution in [-0.4, -0.2) is 19.7 Å². The Hall–Kier alpha value is -0.153. The second-order valence-corrected chi connectivity index (χ2v) is 16.6. The summed E-state index contributed by atoms with van der Waals surface area (Å²) in [6, 6.07) is 3.66. The zero-order valence-electron chi connectivity index (χ0n) is 21.1. The molecule has 4 atom stereocenters. The standard InChI is InChI=1S/C26H50O2Si/c1-10-29(11-2,12-3)28-25(7,8)19-18-24(5,6)20(4)21-15-16-22-23(27)14-13-17-26(21,22)9/h20-22H,10-19H2,1-9H3/t20-,21?,22?,26+/m0/s1. The summed E-state index contributed by atoms with van der Waals surface area (Å²) >= 11 is 0. The van der Waals surface area contributed by atoms with Gasteiger partial charge in [0.1, 0.15) is 5.78 Å². The van der Waals surface area contributed by atoms with Crippen molar-refractivity contribution in [3.8, 4) is 0 Å². The summed E-state index contributed by atoms with van der Waals surface area (Å²) in [5, 5.41) is 0. The largest absolute Gasteiger partial charge is 0.412 e. The first kappa shape index (κ1) is 25.1. The van der Waals surface area contributed by atoms with Gasteiger partial charge in [-0.3, -0.25) is 4.79 Å². The molecule has 2 aliphatic rings. The summed E-state index contributed by atoms with van der Waals surface area (Å²) in [5.74, 6) is 2.22. The third-order valence-corrected chi connectivity index (χ3v) is 14.4. The molecule has 29 heavy (non-hydrogen) atoms. The van der Waals surface area contributed by atoms with Crippen molar-refractivity contribution in [1.82, 2.24) is 0 Å². The van der Waals surface area contributed by atoms with Gasteiger partial charge < -0.3 is 4.43 Å². The molecule has 2 saturated carbocycles. The summed E-state index contributed by atoms with van der Waals surface area (Å²) in [7, 11) is -1.58. The molecule has 0 radical (unpaired) electrons. The van der Waals surface area contributed by atoms with Crippen LogP contribution in [0.3, 0.4) is 0 Å². The number of carbonyl (C=O) groups is 1. The van der Waals surface area contributed by atoms with Gasteiger partial charge in [-0.25, -0.2) is 0 Å². The van der Waals surface area contributed by atoms with Gasteiger partial charge in [0.2, 0.25) is 0 Å². The van der Waals surface area contributed by atoms with Crippen LogP contribution >= 0.6 is 0 Å².